The first-order chi connectivity index (χ1) is 6.03. The smallest absolute Gasteiger partial charge is 0.313 e. The van der Waals surface area contributed by atoms with Crippen molar-refractivity contribution in [2.75, 3.05) is 7.05 Å². The lowest BCUT2D eigenvalue weighted by Gasteiger charge is -2.16. The summed E-state index contributed by atoms with van der Waals surface area (Å²) in [6, 6.07) is 1.09. The maximum Gasteiger partial charge on any atom is 0.390 e. The molecule has 1 nitrogen and oxygen atoms in total. The topological polar surface area (TPSA) is 12.0 Å². The molecule has 1 N–H and O–H groups in total. The van der Waals surface area contributed by atoms with E-state index >= 15 is 0 Å². The highest BCUT2D eigenvalue weighted by Gasteiger charge is 2.31. The molecule has 0 saturated carbocycles. The summed E-state index contributed by atoms with van der Waals surface area (Å²) in [6.45, 7) is 0. The Morgan fingerprint density at radius 1 is 1.54 bits per heavy atom. The van der Waals surface area contributed by atoms with Crippen molar-refractivity contribution in [1.29, 1.82) is 0 Å². The Morgan fingerprint density at radius 3 is 2.62 bits per heavy atom. The summed E-state index contributed by atoms with van der Waals surface area (Å²) in [5.41, 5.74) is 0.699. The number of halogens is 3. The second-order valence-corrected chi connectivity index (χ2v) is 3.50. The highest BCUT2D eigenvalue weighted by molar-refractivity contribution is 7.07. The van der Waals surface area contributed by atoms with Crippen molar-refractivity contribution in [3.8, 4) is 0 Å². The highest BCUT2D eigenvalue weighted by atomic mass is 32.1. The standard InChI is InChI=1S/C8H10F3NS/c1-12-7(4-8(9,10)11)6-2-3-13-5-6/h2-3,5,7,12H,4H2,1H3. The van der Waals surface area contributed by atoms with Crippen molar-refractivity contribution in [3.05, 3.63) is 22.4 Å². The fourth-order valence-electron chi connectivity index (χ4n) is 1.09. The van der Waals surface area contributed by atoms with E-state index in [0.717, 1.165) is 0 Å². The minimum Gasteiger partial charge on any atom is -0.313 e. The van der Waals surface area contributed by atoms with E-state index in [0.29, 0.717) is 5.56 Å². The molecule has 1 aromatic heterocycles. The lowest BCUT2D eigenvalue weighted by molar-refractivity contribution is -0.140. The normalized spacial score (nSPS) is 14.5. The Morgan fingerprint density at radius 2 is 2.23 bits per heavy atom. The minimum absolute atomic E-state index is 0.619. The second kappa shape index (κ2) is 4.11. The molecule has 1 aromatic rings. The molecule has 74 valence electrons. The summed E-state index contributed by atoms with van der Waals surface area (Å²) in [4.78, 5) is 0. The Balaban J connectivity index is 2.64. The van der Waals surface area contributed by atoms with E-state index in [1.807, 2.05) is 0 Å². The average Bonchev–Trinajstić information content (AvgIpc) is 2.50. The number of hydrogen-bond donors (Lipinski definition) is 1. The van der Waals surface area contributed by atoms with Gasteiger partial charge in [-0.25, -0.2) is 0 Å². The zero-order valence-corrected chi connectivity index (χ0v) is 7.88. The van der Waals surface area contributed by atoms with E-state index in [9.17, 15) is 13.2 Å². The third-order valence-electron chi connectivity index (χ3n) is 1.73. The summed E-state index contributed by atoms with van der Waals surface area (Å²) in [7, 11) is 1.54. The lowest BCUT2D eigenvalue weighted by Crippen LogP contribution is -2.23. The van der Waals surface area contributed by atoms with Crippen molar-refractivity contribution < 1.29 is 13.2 Å². The van der Waals surface area contributed by atoms with Crippen LogP contribution >= 0.6 is 11.3 Å². The molecule has 0 aromatic carbocycles. The van der Waals surface area contributed by atoms with Gasteiger partial charge in [-0.15, -0.1) is 0 Å². The summed E-state index contributed by atoms with van der Waals surface area (Å²) in [6.07, 6.45) is -4.93. The molecule has 0 saturated heterocycles. The molecular formula is C8H10F3NS. The van der Waals surface area contributed by atoms with Gasteiger partial charge in [0.1, 0.15) is 0 Å². The molecule has 0 radical (unpaired) electrons. The van der Waals surface area contributed by atoms with Crippen molar-refractivity contribution in [2.45, 2.75) is 18.6 Å². The van der Waals surface area contributed by atoms with Gasteiger partial charge in [-0.05, 0) is 29.4 Å². The van der Waals surface area contributed by atoms with E-state index < -0.39 is 18.6 Å². The molecule has 0 aliphatic carbocycles. The van der Waals surface area contributed by atoms with Crippen LogP contribution in [0.25, 0.3) is 0 Å². The Kier molecular flexibility index (Phi) is 3.33. The summed E-state index contributed by atoms with van der Waals surface area (Å²) < 4.78 is 36.1. The van der Waals surface area contributed by atoms with Crippen LogP contribution in [0.3, 0.4) is 0 Å². The van der Waals surface area contributed by atoms with E-state index in [1.54, 1.807) is 16.8 Å². The van der Waals surface area contributed by atoms with Crippen LogP contribution in [0.1, 0.15) is 18.0 Å². The van der Waals surface area contributed by atoms with Gasteiger partial charge in [-0.2, -0.15) is 24.5 Å². The molecule has 0 amide bonds. The van der Waals surface area contributed by atoms with E-state index in [-0.39, 0.29) is 0 Å². The molecule has 1 heterocycles. The van der Waals surface area contributed by atoms with Crippen molar-refractivity contribution in [2.24, 2.45) is 0 Å². The van der Waals surface area contributed by atoms with Gasteiger partial charge in [0.2, 0.25) is 0 Å². The molecular weight excluding hydrogens is 199 g/mol. The van der Waals surface area contributed by atoms with E-state index in [2.05, 4.69) is 5.32 Å². The molecule has 0 aliphatic rings. The van der Waals surface area contributed by atoms with Crippen LogP contribution in [0.15, 0.2) is 16.8 Å². The van der Waals surface area contributed by atoms with Gasteiger partial charge in [0.25, 0.3) is 0 Å². The molecule has 1 atom stereocenters. The van der Waals surface area contributed by atoms with Gasteiger partial charge in [0.15, 0.2) is 0 Å². The van der Waals surface area contributed by atoms with Crippen LogP contribution in [0, 0.1) is 0 Å². The maximum absolute atomic E-state index is 12.0. The fourth-order valence-corrected chi connectivity index (χ4v) is 1.81. The molecule has 13 heavy (non-hydrogen) atoms. The molecule has 1 rings (SSSR count). The fraction of sp³-hybridized carbons (Fsp3) is 0.500. The van der Waals surface area contributed by atoms with Gasteiger partial charge < -0.3 is 5.32 Å². The largest absolute Gasteiger partial charge is 0.390 e. The summed E-state index contributed by atoms with van der Waals surface area (Å²) >= 11 is 1.40. The van der Waals surface area contributed by atoms with Crippen LogP contribution in [-0.2, 0) is 0 Å². The highest BCUT2D eigenvalue weighted by Crippen LogP contribution is 2.29. The molecule has 0 aliphatic heterocycles. The zero-order valence-electron chi connectivity index (χ0n) is 7.06. The van der Waals surface area contributed by atoms with Crippen LogP contribution in [-0.4, -0.2) is 13.2 Å². The molecule has 0 fully saturated rings. The van der Waals surface area contributed by atoms with E-state index in [1.165, 1.54) is 18.4 Å². The summed E-state index contributed by atoms with van der Waals surface area (Å²) in [5.74, 6) is 0. The number of hydrogen-bond acceptors (Lipinski definition) is 2. The monoisotopic (exact) mass is 209 g/mol. The van der Waals surface area contributed by atoms with Gasteiger partial charge in [0, 0.05) is 6.04 Å². The predicted octanol–water partition coefficient (Wildman–Crippen LogP) is 2.96. The van der Waals surface area contributed by atoms with Gasteiger partial charge in [-0.1, -0.05) is 0 Å². The zero-order chi connectivity index (χ0) is 9.90. The van der Waals surface area contributed by atoms with E-state index in [4.69, 9.17) is 0 Å². The number of thiophene rings is 1. The quantitative estimate of drug-likeness (QED) is 0.807. The molecule has 0 spiro atoms. The number of rotatable bonds is 3. The Labute approximate surface area is 78.6 Å². The molecule has 0 bridgehead atoms. The van der Waals surface area contributed by atoms with Gasteiger partial charge >= 0.3 is 6.18 Å². The lowest BCUT2D eigenvalue weighted by atomic mass is 10.1. The number of nitrogens with one attached hydrogen (secondary N) is 1. The second-order valence-electron chi connectivity index (χ2n) is 2.72. The third-order valence-corrected chi connectivity index (χ3v) is 2.43. The average molecular weight is 209 g/mol. The van der Waals surface area contributed by atoms with Crippen LogP contribution in [0.4, 0.5) is 13.2 Å². The van der Waals surface area contributed by atoms with Gasteiger partial charge in [-0.3, -0.25) is 0 Å². The first-order valence-corrected chi connectivity index (χ1v) is 4.73. The first kappa shape index (κ1) is 10.5. The van der Waals surface area contributed by atoms with Crippen molar-refractivity contribution in [3.63, 3.8) is 0 Å². The van der Waals surface area contributed by atoms with Crippen LogP contribution in [0.5, 0.6) is 0 Å². The van der Waals surface area contributed by atoms with Crippen LogP contribution in [0.2, 0.25) is 0 Å². The van der Waals surface area contributed by atoms with Gasteiger partial charge in [0.05, 0.1) is 6.42 Å². The molecule has 1 unspecified atom stereocenters. The van der Waals surface area contributed by atoms with Crippen LogP contribution < -0.4 is 5.32 Å². The van der Waals surface area contributed by atoms with Crippen molar-refractivity contribution in [1.82, 2.24) is 5.32 Å². The minimum atomic E-state index is -4.12. The third kappa shape index (κ3) is 3.36. The summed E-state index contributed by atoms with van der Waals surface area (Å²) in [5, 5.41) is 6.15. The maximum atomic E-state index is 12.0. The first-order valence-electron chi connectivity index (χ1n) is 3.79. The Bertz CT molecular complexity index is 242. The SMILES string of the molecule is CNC(CC(F)(F)F)c1ccsc1. The Hall–Kier alpha value is -0.550. The van der Waals surface area contributed by atoms with Crippen molar-refractivity contribution >= 4 is 11.3 Å². The predicted molar refractivity (Wildman–Crippen MR) is 46.8 cm³/mol. The molecule has 5 heteroatoms. The number of alkyl halides is 3.